The van der Waals surface area contributed by atoms with E-state index in [4.69, 9.17) is 0 Å². The highest BCUT2D eigenvalue weighted by molar-refractivity contribution is 5.15. The summed E-state index contributed by atoms with van der Waals surface area (Å²) in [6.07, 6.45) is 4.01. The van der Waals surface area contributed by atoms with Crippen LogP contribution in [0.5, 0.6) is 0 Å². The normalized spacial score (nSPS) is 43.4. The lowest BCUT2D eigenvalue weighted by atomic mass is 9.71. The molecule has 3 rings (SSSR count). The van der Waals surface area contributed by atoms with Gasteiger partial charge in [-0.3, -0.25) is 0 Å². The molecule has 0 nitrogen and oxygen atoms in total. The summed E-state index contributed by atoms with van der Waals surface area (Å²) >= 11 is 0. The third kappa shape index (κ3) is 0.383. The molecule has 36 valence electrons. The van der Waals surface area contributed by atoms with Crippen molar-refractivity contribution in [3.05, 3.63) is 0 Å². The lowest BCUT2D eigenvalue weighted by Crippen LogP contribution is -2.24. The van der Waals surface area contributed by atoms with E-state index in [0.717, 1.165) is 11.8 Å². The third-order valence-corrected chi connectivity index (χ3v) is 1.93. The summed E-state index contributed by atoms with van der Waals surface area (Å²) in [6, 6.07) is 0. The summed E-state index contributed by atoms with van der Waals surface area (Å²) in [6.45, 7) is 0. The van der Waals surface area contributed by atoms with E-state index in [0.29, 0.717) is 0 Å². The maximum Gasteiger partial charge on any atom is 0.0208 e. The van der Waals surface area contributed by atoms with E-state index < -0.39 is 0 Å². The molecular formula is C7H8. The van der Waals surface area contributed by atoms with Crippen LogP contribution >= 0.6 is 0 Å². The molecule has 0 heteroatoms. The molecule has 3 aliphatic carbocycles. The molecule has 0 aromatic carbocycles. The van der Waals surface area contributed by atoms with Gasteiger partial charge in [0.05, 0.1) is 0 Å². The number of hydrogen-bond donors (Lipinski definition) is 0. The molecule has 0 N–H and O–H groups in total. The van der Waals surface area contributed by atoms with E-state index >= 15 is 0 Å². The van der Waals surface area contributed by atoms with Crippen molar-refractivity contribution in [2.75, 3.05) is 0 Å². The van der Waals surface area contributed by atoms with Crippen LogP contribution in [-0.4, -0.2) is 0 Å². The van der Waals surface area contributed by atoms with Crippen molar-refractivity contribution in [1.29, 1.82) is 0 Å². The van der Waals surface area contributed by atoms with Gasteiger partial charge in [-0.2, -0.15) is 0 Å². The molecule has 3 aliphatic rings. The van der Waals surface area contributed by atoms with Gasteiger partial charge in [-0.15, -0.1) is 5.92 Å². The Morgan fingerprint density at radius 2 is 2.14 bits per heavy atom. The third-order valence-electron chi connectivity index (χ3n) is 1.93. The molecule has 0 aliphatic heterocycles. The van der Waals surface area contributed by atoms with E-state index in [1.54, 1.807) is 0 Å². The maximum atomic E-state index is 3.20. The monoisotopic (exact) mass is 92.1 g/mol. The quantitative estimate of drug-likeness (QED) is 0.396. The van der Waals surface area contributed by atoms with Crippen molar-refractivity contribution in [2.24, 2.45) is 11.8 Å². The largest absolute Gasteiger partial charge is 0.103 e. The SMILES string of the molecule is C1#CC2CC(C1)C2. The number of hydrogen-bond acceptors (Lipinski definition) is 0. The van der Waals surface area contributed by atoms with E-state index in [9.17, 15) is 0 Å². The Morgan fingerprint density at radius 1 is 1.29 bits per heavy atom. The molecule has 1 fully saturated rings. The molecule has 0 atom stereocenters. The first-order valence-electron chi connectivity index (χ1n) is 2.93. The van der Waals surface area contributed by atoms with Crippen LogP contribution in [0, 0.1) is 23.7 Å². The van der Waals surface area contributed by atoms with Crippen LogP contribution in [0.25, 0.3) is 0 Å². The maximum absolute atomic E-state index is 3.20. The second kappa shape index (κ2) is 1.04. The minimum absolute atomic E-state index is 0.818. The molecular weight excluding hydrogens is 84.1 g/mol. The van der Waals surface area contributed by atoms with Gasteiger partial charge in [0, 0.05) is 12.3 Å². The van der Waals surface area contributed by atoms with Crippen molar-refractivity contribution in [1.82, 2.24) is 0 Å². The van der Waals surface area contributed by atoms with Gasteiger partial charge in [-0.25, -0.2) is 0 Å². The van der Waals surface area contributed by atoms with Crippen molar-refractivity contribution < 1.29 is 0 Å². The molecule has 0 saturated heterocycles. The molecule has 0 amide bonds. The Morgan fingerprint density at radius 3 is 2.29 bits per heavy atom. The lowest BCUT2D eigenvalue weighted by Gasteiger charge is -2.33. The minimum Gasteiger partial charge on any atom is -0.103 e. The Hall–Kier alpha value is -0.440. The fourth-order valence-electron chi connectivity index (χ4n) is 1.37. The zero-order chi connectivity index (χ0) is 4.69. The summed E-state index contributed by atoms with van der Waals surface area (Å²) in [7, 11) is 0. The second-order valence-corrected chi connectivity index (χ2v) is 2.56. The molecule has 0 aromatic rings. The van der Waals surface area contributed by atoms with Crippen molar-refractivity contribution in [3.63, 3.8) is 0 Å². The highest BCUT2D eigenvalue weighted by atomic mass is 14.3. The van der Waals surface area contributed by atoms with Crippen LogP contribution in [0.3, 0.4) is 0 Å². The van der Waals surface area contributed by atoms with Gasteiger partial charge < -0.3 is 0 Å². The topological polar surface area (TPSA) is 0 Å². The van der Waals surface area contributed by atoms with Gasteiger partial charge >= 0.3 is 0 Å². The predicted molar refractivity (Wildman–Crippen MR) is 28.6 cm³/mol. The zero-order valence-electron chi connectivity index (χ0n) is 4.28. The number of fused-ring (bicyclic) bond motifs is 1. The molecule has 0 aromatic heterocycles. The van der Waals surface area contributed by atoms with Crippen LogP contribution in [0.15, 0.2) is 0 Å². The standard InChI is InChI=1S/C7H8/c1-2-6-4-7(3-1)5-6/h6-7H,2,4-5H2. The van der Waals surface area contributed by atoms with Crippen molar-refractivity contribution >= 4 is 0 Å². The fourth-order valence-corrected chi connectivity index (χ4v) is 1.37. The molecule has 0 heterocycles. The Bertz CT molecular complexity index is 130. The van der Waals surface area contributed by atoms with E-state index in [1.165, 1.54) is 19.3 Å². The van der Waals surface area contributed by atoms with Crippen molar-refractivity contribution in [3.8, 4) is 11.8 Å². The van der Waals surface area contributed by atoms with Crippen LogP contribution < -0.4 is 0 Å². The predicted octanol–water partition coefficient (Wildman–Crippen LogP) is 1.42. The number of rotatable bonds is 0. The van der Waals surface area contributed by atoms with Crippen LogP contribution in [0.4, 0.5) is 0 Å². The van der Waals surface area contributed by atoms with Gasteiger partial charge in [0.1, 0.15) is 0 Å². The van der Waals surface area contributed by atoms with Gasteiger partial charge in [-0.05, 0) is 18.8 Å². The average Bonchev–Trinajstić information content (AvgIpc) is 1.67. The first-order valence-corrected chi connectivity index (χ1v) is 2.93. The molecule has 1 saturated carbocycles. The smallest absolute Gasteiger partial charge is 0.0208 e. The van der Waals surface area contributed by atoms with E-state index in [-0.39, 0.29) is 0 Å². The van der Waals surface area contributed by atoms with Gasteiger partial charge in [-0.1, -0.05) is 5.92 Å². The zero-order valence-corrected chi connectivity index (χ0v) is 4.28. The molecule has 2 bridgehead atoms. The second-order valence-electron chi connectivity index (χ2n) is 2.56. The van der Waals surface area contributed by atoms with Crippen LogP contribution in [0.2, 0.25) is 0 Å². The summed E-state index contributed by atoms with van der Waals surface area (Å²) in [5, 5.41) is 0. The van der Waals surface area contributed by atoms with Gasteiger partial charge in [0.25, 0.3) is 0 Å². The summed E-state index contributed by atoms with van der Waals surface area (Å²) in [4.78, 5) is 0. The Balaban J connectivity index is 2.26. The molecule has 7 heavy (non-hydrogen) atoms. The van der Waals surface area contributed by atoms with Crippen LogP contribution in [0.1, 0.15) is 19.3 Å². The minimum atomic E-state index is 0.818. The average molecular weight is 92.1 g/mol. The summed E-state index contributed by atoms with van der Waals surface area (Å²) < 4.78 is 0. The van der Waals surface area contributed by atoms with Crippen molar-refractivity contribution in [2.45, 2.75) is 19.3 Å². The first-order chi connectivity index (χ1) is 3.45. The summed E-state index contributed by atoms with van der Waals surface area (Å²) in [5.74, 6) is 8.16. The Kier molecular flexibility index (Phi) is 0.526. The highest BCUT2D eigenvalue weighted by Gasteiger charge is 2.29. The molecule has 0 unspecified atom stereocenters. The Labute approximate surface area is 43.9 Å². The van der Waals surface area contributed by atoms with Gasteiger partial charge in [0.15, 0.2) is 0 Å². The highest BCUT2D eigenvalue weighted by Crippen LogP contribution is 2.37. The first kappa shape index (κ1) is 3.55. The summed E-state index contributed by atoms with van der Waals surface area (Å²) in [5.41, 5.74) is 0. The van der Waals surface area contributed by atoms with E-state index in [2.05, 4.69) is 11.8 Å². The lowest BCUT2D eigenvalue weighted by molar-refractivity contribution is 0.243. The van der Waals surface area contributed by atoms with E-state index in [1.807, 2.05) is 0 Å². The van der Waals surface area contributed by atoms with Crippen LogP contribution in [-0.2, 0) is 0 Å². The fraction of sp³-hybridized carbons (Fsp3) is 0.714. The van der Waals surface area contributed by atoms with Gasteiger partial charge in [0.2, 0.25) is 0 Å². The molecule has 0 spiro atoms. The molecule has 0 radical (unpaired) electrons.